The van der Waals surface area contributed by atoms with Gasteiger partial charge in [0.15, 0.2) is 0 Å². The second-order valence-corrected chi connectivity index (χ2v) is 14.3. The van der Waals surface area contributed by atoms with Crippen LogP contribution in [0.4, 0.5) is 4.79 Å². The molecule has 15 nitrogen and oxygen atoms in total. The van der Waals surface area contributed by atoms with Crippen molar-refractivity contribution >= 4 is 29.6 Å². The van der Waals surface area contributed by atoms with Crippen LogP contribution in [-0.4, -0.2) is 97.6 Å². The Bertz CT molecular complexity index is 1290. The number of alkyl carbamates (subject to hydrolysis) is 1. The number of hydrogen-bond acceptors (Lipinski definition) is 10. The largest absolute Gasteiger partial charge is 0.444 e. The van der Waals surface area contributed by atoms with Crippen molar-refractivity contribution in [2.75, 3.05) is 19.8 Å². The molecule has 0 radical (unpaired) electrons. The molecule has 0 unspecified atom stereocenters. The number of nitrogens with one attached hydrogen (secondary N) is 2. The maximum absolute atomic E-state index is 14.5. The van der Waals surface area contributed by atoms with Gasteiger partial charge in [0.2, 0.25) is 17.6 Å². The van der Waals surface area contributed by atoms with Gasteiger partial charge in [-0.25, -0.2) is 9.48 Å². The zero-order valence-electron chi connectivity index (χ0n) is 27.5. The normalized spacial score (nSPS) is 23.0. The van der Waals surface area contributed by atoms with Crippen molar-refractivity contribution in [3.05, 3.63) is 11.9 Å². The summed E-state index contributed by atoms with van der Waals surface area (Å²) in [5.74, 6) is -3.04. The molecule has 0 aromatic carbocycles. The lowest BCUT2D eigenvalue weighted by Gasteiger charge is -2.37. The molecule has 0 spiro atoms. The van der Waals surface area contributed by atoms with E-state index in [0.717, 1.165) is 32.1 Å². The van der Waals surface area contributed by atoms with Gasteiger partial charge in [-0.05, 0) is 47.0 Å². The number of rotatable bonds is 10. The molecule has 1 aromatic heterocycles. The number of primary amides is 1. The lowest BCUT2D eigenvalue weighted by molar-refractivity contribution is -0.147. The zero-order valence-corrected chi connectivity index (χ0v) is 27.5. The fourth-order valence-electron chi connectivity index (χ4n) is 6.75. The van der Waals surface area contributed by atoms with Gasteiger partial charge in [-0.3, -0.25) is 19.2 Å². The average Bonchev–Trinajstić information content (AvgIpc) is 3.64. The SMILES string of the molecule is CC(C)(C)OC(=O)N[C@H](CC1CCCCC1)C(=O)N1C[C@@H](n2nncc2C(C)(C)O)C[C@H]1C(=O)NC1(C(=O)C(N)=O)CCOCC1. The Morgan fingerprint density at radius 3 is 2.35 bits per heavy atom. The van der Waals surface area contributed by atoms with Crippen LogP contribution in [0.25, 0.3) is 0 Å². The molecule has 4 amide bonds. The van der Waals surface area contributed by atoms with E-state index in [1.807, 2.05) is 0 Å². The molecular formula is C31H49N7O8. The van der Waals surface area contributed by atoms with Crippen molar-refractivity contribution in [2.45, 2.75) is 127 Å². The summed E-state index contributed by atoms with van der Waals surface area (Å²) in [7, 11) is 0. The fourth-order valence-corrected chi connectivity index (χ4v) is 6.75. The van der Waals surface area contributed by atoms with E-state index in [-0.39, 0.29) is 44.9 Å². The van der Waals surface area contributed by atoms with E-state index in [4.69, 9.17) is 15.2 Å². The Labute approximate surface area is 269 Å². The molecule has 1 aliphatic carbocycles. The minimum atomic E-state index is -1.57. The molecule has 3 fully saturated rings. The summed E-state index contributed by atoms with van der Waals surface area (Å²) in [5, 5.41) is 24.5. The van der Waals surface area contributed by atoms with Gasteiger partial charge in [0.05, 0.1) is 17.9 Å². The number of ketones is 1. The van der Waals surface area contributed by atoms with Crippen LogP contribution in [0.15, 0.2) is 6.20 Å². The van der Waals surface area contributed by atoms with Crippen LogP contribution >= 0.6 is 0 Å². The zero-order chi connectivity index (χ0) is 33.9. The summed E-state index contributed by atoms with van der Waals surface area (Å²) < 4.78 is 12.4. The maximum Gasteiger partial charge on any atom is 0.408 e. The van der Waals surface area contributed by atoms with E-state index in [9.17, 15) is 29.1 Å². The molecule has 2 aliphatic heterocycles. The number of nitrogens with zero attached hydrogens (tertiary/aromatic N) is 4. The second-order valence-electron chi connectivity index (χ2n) is 14.3. The monoisotopic (exact) mass is 647 g/mol. The molecule has 46 heavy (non-hydrogen) atoms. The van der Waals surface area contributed by atoms with Gasteiger partial charge >= 0.3 is 6.09 Å². The smallest absolute Gasteiger partial charge is 0.408 e. The van der Waals surface area contributed by atoms with E-state index < -0.39 is 64.5 Å². The average molecular weight is 648 g/mol. The van der Waals surface area contributed by atoms with Crippen molar-refractivity contribution in [1.82, 2.24) is 30.5 Å². The van der Waals surface area contributed by atoms with Crippen LogP contribution in [0.3, 0.4) is 0 Å². The van der Waals surface area contributed by atoms with Crippen LogP contribution in [-0.2, 0) is 34.3 Å². The van der Waals surface area contributed by atoms with Crippen LogP contribution in [0, 0.1) is 5.92 Å². The molecule has 3 atom stereocenters. The third-order valence-electron chi connectivity index (χ3n) is 9.06. The standard InChI is InChI=1S/C31H49N7O8/c1-29(2,3)46-28(43)34-21(15-19-9-7-6-8-10-19)27(42)37-18-20(38-23(17-33-36-38)30(4,5)44)16-22(37)26(41)35-31(24(39)25(32)40)11-13-45-14-12-31/h17,19-22,44H,6-16,18H2,1-5H3,(H2,32,40)(H,34,43)(H,35,41)/t20-,21+,22-/m0/s1. The number of carbonyl (C=O) groups excluding carboxylic acids is 5. The molecule has 2 saturated heterocycles. The Kier molecular flexibility index (Phi) is 10.8. The van der Waals surface area contributed by atoms with E-state index in [0.29, 0.717) is 12.1 Å². The second kappa shape index (κ2) is 14.0. The van der Waals surface area contributed by atoms with E-state index >= 15 is 0 Å². The van der Waals surface area contributed by atoms with Crippen molar-refractivity contribution in [1.29, 1.82) is 0 Å². The molecule has 15 heteroatoms. The summed E-state index contributed by atoms with van der Waals surface area (Å²) >= 11 is 0. The van der Waals surface area contributed by atoms with E-state index in [1.165, 1.54) is 15.8 Å². The summed E-state index contributed by atoms with van der Waals surface area (Å²) in [4.78, 5) is 68.0. The highest BCUT2D eigenvalue weighted by atomic mass is 16.6. The van der Waals surface area contributed by atoms with Crippen LogP contribution in [0.2, 0.25) is 0 Å². The third-order valence-corrected chi connectivity index (χ3v) is 9.06. The number of likely N-dealkylation sites (tertiary alicyclic amines) is 1. The molecule has 3 aliphatic rings. The van der Waals surface area contributed by atoms with Crippen molar-refractivity contribution in [2.24, 2.45) is 11.7 Å². The lowest BCUT2D eigenvalue weighted by atomic mass is 9.84. The summed E-state index contributed by atoms with van der Waals surface area (Å²) in [6.07, 6.45) is 6.22. The number of aliphatic hydroxyl groups is 1. The van der Waals surface area contributed by atoms with Gasteiger partial charge in [0.1, 0.15) is 28.8 Å². The molecule has 5 N–H and O–H groups in total. The first-order chi connectivity index (χ1) is 21.5. The van der Waals surface area contributed by atoms with Gasteiger partial charge in [0, 0.05) is 39.0 Å². The van der Waals surface area contributed by atoms with Gasteiger partial charge in [-0.15, -0.1) is 5.10 Å². The van der Waals surface area contributed by atoms with Gasteiger partial charge < -0.3 is 35.8 Å². The number of hydrogen-bond donors (Lipinski definition) is 4. The molecular weight excluding hydrogens is 598 g/mol. The first-order valence-corrected chi connectivity index (χ1v) is 16.2. The number of nitrogens with two attached hydrogens (primary N) is 1. The molecule has 4 rings (SSSR count). The quantitative estimate of drug-likeness (QED) is 0.267. The lowest BCUT2D eigenvalue weighted by Crippen LogP contribution is -2.64. The highest BCUT2D eigenvalue weighted by Gasteiger charge is 2.49. The van der Waals surface area contributed by atoms with Crippen LogP contribution < -0.4 is 16.4 Å². The van der Waals surface area contributed by atoms with Crippen molar-refractivity contribution in [3.63, 3.8) is 0 Å². The van der Waals surface area contributed by atoms with Crippen LogP contribution in [0.1, 0.15) is 104 Å². The van der Waals surface area contributed by atoms with E-state index in [2.05, 4.69) is 20.9 Å². The Morgan fingerprint density at radius 2 is 1.76 bits per heavy atom. The Balaban J connectivity index is 1.68. The molecule has 3 heterocycles. The van der Waals surface area contributed by atoms with Gasteiger partial charge in [-0.1, -0.05) is 37.3 Å². The van der Waals surface area contributed by atoms with Gasteiger partial charge in [0.25, 0.3) is 5.91 Å². The molecule has 0 bridgehead atoms. The minimum Gasteiger partial charge on any atom is -0.444 e. The highest BCUT2D eigenvalue weighted by molar-refractivity contribution is 6.39. The fraction of sp³-hybridized carbons (Fsp3) is 0.774. The Hall–Kier alpha value is -3.59. The van der Waals surface area contributed by atoms with Crippen molar-refractivity contribution in [3.8, 4) is 0 Å². The minimum absolute atomic E-state index is 0.0143. The molecule has 256 valence electrons. The van der Waals surface area contributed by atoms with Gasteiger partial charge in [-0.2, -0.15) is 0 Å². The number of Topliss-reactive ketones (excluding diaryl/α,β-unsaturated/α-hetero) is 1. The first-order valence-electron chi connectivity index (χ1n) is 16.2. The summed E-state index contributed by atoms with van der Waals surface area (Å²) in [5.41, 5.74) is 2.08. The Morgan fingerprint density at radius 1 is 1.11 bits per heavy atom. The predicted molar refractivity (Wildman–Crippen MR) is 164 cm³/mol. The highest BCUT2D eigenvalue weighted by Crippen LogP contribution is 2.34. The number of ether oxygens (including phenoxy) is 2. The first kappa shape index (κ1) is 35.3. The number of carbonyl (C=O) groups is 5. The molecule has 1 aromatic rings. The van der Waals surface area contributed by atoms with Crippen LogP contribution in [0.5, 0.6) is 0 Å². The number of aromatic nitrogens is 3. The maximum atomic E-state index is 14.5. The third kappa shape index (κ3) is 8.41. The molecule has 1 saturated carbocycles. The summed E-state index contributed by atoms with van der Waals surface area (Å²) in [6.45, 7) is 8.63. The topological polar surface area (TPSA) is 208 Å². The van der Waals surface area contributed by atoms with E-state index in [1.54, 1.807) is 34.6 Å². The number of amides is 4. The van der Waals surface area contributed by atoms with Crippen molar-refractivity contribution < 1.29 is 38.6 Å². The predicted octanol–water partition coefficient (Wildman–Crippen LogP) is 1.23. The summed E-state index contributed by atoms with van der Waals surface area (Å²) in [6, 6.07) is -2.66.